The molecule has 270 valence electrons. The van der Waals surface area contributed by atoms with E-state index in [1.165, 1.54) is 52.7 Å². The van der Waals surface area contributed by atoms with Gasteiger partial charge in [-0.05, 0) is 97.5 Å². The van der Waals surface area contributed by atoms with Crippen molar-refractivity contribution in [2.24, 2.45) is 11.8 Å². The number of hydrogen-bond donors (Lipinski definition) is 2. The highest BCUT2D eigenvalue weighted by atomic mass is 16.5. The SMILES string of the molecule is COc1ccc(C(=O)C(C)Oc2ccc([C@H]3O[C@H](c4ccc(OC(C)C(=O)c5ccc(OC)c(O)c5)c(OC)c4)[C@H](C)[C@H]3C)cc2OC)cc1O. The average molecular weight is 701 g/mol. The quantitative estimate of drug-likeness (QED) is 0.126. The second-order valence-electron chi connectivity index (χ2n) is 12.5. The molecule has 0 aliphatic carbocycles. The first-order valence-corrected chi connectivity index (χ1v) is 16.6. The minimum atomic E-state index is -0.859. The number of aromatic hydroxyl groups is 2. The molecule has 1 heterocycles. The molecule has 1 aliphatic rings. The Kier molecular flexibility index (Phi) is 11.3. The third kappa shape index (κ3) is 7.68. The van der Waals surface area contributed by atoms with Crippen LogP contribution in [0.3, 0.4) is 0 Å². The molecule has 0 aromatic heterocycles. The zero-order valence-corrected chi connectivity index (χ0v) is 30.0. The minimum Gasteiger partial charge on any atom is -0.504 e. The predicted octanol–water partition coefficient (Wildman–Crippen LogP) is 7.52. The number of carbonyl (C=O) groups is 2. The number of ether oxygens (including phenoxy) is 7. The van der Waals surface area contributed by atoms with Crippen LogP contribution in [-0.4, -0.2) is 62.4 Å². The fourth-order valence-corrected chi connectivity index (χ4v) is 6.28. The summed E-state index contributed by atoms with van der Waals surface area (Å²) in [4.78, 5) is 26.2. The maximum atomic E-state index is 13.1. The molecule has 11 heteroatoms. The molecule has 4 aromatic rings. The number of Topliss-reactive ketones (excluding diaryl/α,β-unsaturated/α-hetero) is 2. The number of phenolic OH excluding ortho intramolecular Hbond substituents is 2. The lowest BCUT2D eigenvalue weighted by atomic mass is 9.85. The standard InChI is InChI=1S/C40H44O11/c1-21-22(2)40(28-12-16-34(36(20-28)48-8)50-24(4)38(44)26-10-14-32(46-6)30(42)18-26)51-39(21)27-11-15-33(35(19-27)47-7)49-23(3)37(43)25-9-13-31(45-5)29(41)17-25/h9-24,39-42H,1-8H3/t21-,22-,23?,24?,39+,40+/m1/s1. The highest BCUT2D eigenvalue weighted by Crippen LogP contribution is 2.51. The topological polar surface area (TPSA) is 139 Å². The van der Waals surface area contributed by atoms with Crippen LogP contribution in [0.4, 0.5) is 0 Å². The Bertz CT molecular complexity index is 1750. The summed E-state index contributed by atoms with van der Waals surface area (Å²) in [5, 5.41) is 20.2. The Balaban J connectivity index is 1.29. The third-order valence-electron chi connectivity index (χ3n) is 9.38. The molecule has 1 fully saturated rings. The van der Waals surface area contributed by atoms with Gasteiger partial charge in [-0.1, -0.05) is 26.0 Å². The van der Waals surface area contributed by atoms with E-state index in [-0.39, 0.29) is 58.6 Å². The fourth-order valence-electron chi connectivity index (χ4n) is 6.28. The van der Waals surface area contributed by atoms with Crippen LogP contribution in [0.25, 0.3) is 0 Å². The second-order valence-corrected chi connectivity index (χ2v) is 12.5. The summed E-state index contributed by atoms with van der Waals surface area (Å²) in [5.74, 6) is 1.60. The van der Waals surface area contributed by atoms with Gasteiger partial charge >= 0.3 is 0 Å². The maximum Gasteiger partial charge on any atom is 0.203 e. The summed E-state index contributed by atoms with van der Waals surface area (Å²) in [7, 11) is 5.95. The number of rotatable bonds is 14. The molecule has 1 saturated heterocycles. The van der Waals surface area contributed by atoms with Crippen LogP contribution in [0.2, 0.25) is 0 Å². The molecule has 0 radical (unpaired) electrons. The van der Waals surface area contributed by atoms with Gasteiger partial charge < -0.3 is 43.4 Å². The van der Waals surface area contributed by atoms with E-state index in [0.717, 1.165) is 11.1 Å². The van der Waals surface area contributed by atoms with Gasteiger partial charge in [0.25, 0.3) is 0 Å². The number of phenols is 2. The summed E-state index contributed by atoms with van der Waals surface area (Å²) in [6.07, 6.45) is -2.26. The van der Waals surface area contributed by atoms with E-state index in [0.29, 0.717) is 34.1 Å². The Morgan fingerprint density at radius 1 is 0.549 bits per heavy atom. The van der Waals surface area contributed by atoms with Crippen LogP contribution in [-0.2, 0) is 4.74 Å². The van der Waals surface area contributed by atoms with E-state index >= 15 is 0 Å². The van der Waals surface area contributed by atoms with E-state index in [4.69, 9.17) is 33.2 Å². The summed E-state index contributed by atoms with van der Waals surface area (Å²) in [6, 6.07) is 20.0. The number of hydrogen-bond acceptors (Lipinski definition) is 11. The van der Waals surface area contributed by atoms with Crippen molar-refractivity contribution >= 4 is 11.6 Å². The number of ketones is 2. The smallest absolute Gasteiger partial charge is 0.203 e. The van der Waals surface area contributed by atoms with Crippen molar-refractivity contribution in [1.82, 2.24) is 0 Å². The van der Waals surface area contributed by atoms with Crippen molar-refractivity contribution < 1.29 is 53.0 Å². The molecule has 11 nitrogen and oxygen atoms in total. The van der Waals surface area contributed by atoms with Crippen molar-refractivity contribution in [2.45, 2.75) is 52.1 Å². The van der Waals surface area contributed by atoms with Crippen molar-refractivity contribution in [1.29, 1.82) is 0 Å². The number of carbonyl (C=O) groups excluding carboxylic acids is 2. The second kappa shape index (κ2) is 15.6. The Labute approximate surface area is 297 Å². The van der Waals surface area contributed by atoms with E-state index in [9.17, 15) is 19.8 Å². The normalized spacial score (nSPS) is 19.5. The zero-order chi connectivity index (χ0) is 37.0. The van der Waals surface area contributed by atoms with Gasteiger partial charge in [0.05, 0.1) is 40.6 Å². The first kappa shape index (κ1) is 36.9. The van der Waals surface area contributed by atoms with E-state index in [1.54, 1.807) is 38.1 Å². The van der Waals surface area contributed by atoms with Crippen LogP contribution < -0.4 is 28.4 Å². The van der Waals surface area contributed by atoms with Gasteiger partial charge in [-0.25, -0.2) is 0 Å². The molecule has 1 aliphatic heterocycles. The molecule has 0 bridgehead atoms. The Morgan fingerprint density at radius 3 is 1.24 bits per heavy atom. The van der Waals surface area contributed by atoms with Crippen molar-refractivity contribution in [3.8, 4) is 46.0 Å². The molecular weight excluding hydrogens is 656 g/mol. The van der Waals surface area contributed by atoms with Gasteiger partial charge in [0.2, 0.25) is 11.6 Å². The molecule has 2 unspecified atom stereocenters. The maximum absolute atomic E-state index is 13.1. The first-order chi connectivity index (χ1) is 24.4. The van der Waals surface area contributed by atoms with Gasteiger partial charge in [0.1, 0.15) is 0 Å². The first-order valence-electron chi connectivity index (χ1n) is 16.6. The average Bonchev–Trinajstić information content (AvgIpc) is 3.44. The van der Waals surface area contributed by atoms with Gasteiger partial charge in [-0.15, -0.1) is 0 Å². The molecule has 6 atom stereocenters. The van der Waals surface area contributed by atoms with Crippen molar-refractivity contribution in [3.05, 3.63) is 95.1 Å². The van der Waals surface area contributed by atoms with Crippen LogP contribution in [0, 0.1) is 11.8 Å². The predicted molar refractivity (Wildman–Crippen MR) is 189 cm³/mol. The molecule has 2 N–H and O–H groups in total. The Hall–Kier alpha value is -5.42. The number of benzene rings is 4. The highest BCUT2D eigenvalue weighted by molar-refractivity contribution is 6.00. The molecule has 4 aromatic carbocycles. The monoisotopic (exact) mass is 700 g/mol. The third-order valence-corrected chi connectivity index (χ3v) is 9.38. The van der Waals surface area contributed by atoms with Crippen LogP contribution in [0.1, 0.15) is 71.7 Å². The van der Waals surface area contributed by atoms with Gasteiger partial charge in [-0.3, -0.25) is 9.59 Å². The molecule has 0 amide bonds. The zero-order valence-electron chi connectivity index (χ0n) is 30.0. The van der Waals surface area contributed by atoms with Crippen LogP contribution >= 0.6 is 0 Å². The molecular formula is C40H44O11. The molecule has 0 saturated carbocycles. The molecule has 51 heavy (non-hydrogen) atoms. The van der Waals surface area contributed by atoms with E-state index in [2.05, 4.69) is 13.8 Å². The largest absolute Gasteiger partial charge is 0.504 e. The lowest BCUT2D eigenvalue weighted by Crippen LogP contribution is -2.24. The van der Waals surface area contributed by atoms with E-state index < -0.39 is 12.2 Å². The van der Waals surface area contributed by atoms with Crippen molar-refractivity contribution in [2.75, 3.05) is 28.4 Å². The van der Waals surface area contributed by atoms with Gasteiger partial charge in [-0.2, -0.15) is 0 Å². The summed E-state index contributed by atoms with van der Waals surface area (Å²) < 4.78 is 40.2. The minimum absolute atomic E-state index is 0.121. The summed E-state index contributed by atoms with van der Waals surface area (Å²) >= 11 is 0. The fraction of sp³-hybridized carbons (Fsp3) is 0.350. The molecule has 5 rings (SSSR count). The lowest BCUT2D eigenvalue weighted by Gasteiger charge is -2.21. The summed E-state index contributed by atoms with van der Waals surface area (Å²) in [6.45, 7) is 7.55. The van der Waals surface area contributed by atoms with E-state index in [1.807, 2.05) is 24.3 Å². The summed E-state index contributed by atoms with van der Waals surface area (Å²) in [5.41, 5.74) is 2.37. The van der Waals surface area contributed by atoms with Crippen LogP contribution in [0.5, 0.6) is 46.0 Å². The van der Waals surface area contributed by atoms with Gasteiger partial charge in [0.15, 0.2) is 58.2 Å². The van der Waals surface area contributed by atoms with Crippen LogP contribution in [0.15, 0.2) is 72.8 Å². The lowest BCUT2D eigenvalue weighted by molar-refractivity contribution is 0.0287. The Morgan fingerprint density at radius 2 is 0.902 bits per heavy atom. The van der Waals surface area contributed by atoms with Gasteiger partial charge in [0, 0.05) is 11.1 Å². The van der Waals surface area contributed by atoms with Crippen molar-refractivity contribution in [3.63, 3.8) is 0 Å². The number of methoxy groups -OCH3 is 4. The molecule has 0 spiro atoms. The highest BCUT2D eigenvalue weighted by Gasteiger charge is 2.41.